The number of aromatic nitrogens is 2. The summed E-state index contributed by atoms with van der Waals surface area (Å²) < 4.78 is 7.41. The molecule has 3 rings (SSSR count). The Bertz CT molecular complexity index is 662. The highest BCUT2D eigenvalue weighted by Crippen LogP contribution is 2.19. The number of amides is 1. The Labute approximate surface area is 136 Å². The number of morpholine rings is 1. The van der Waals surface area contributed by atoms with Gasteiger partial charge in [-0.3, -0.25) is 9.69 Å². The van der Waals surface area contributed by atoms with Gasteiger partial charge in [0.2, 0.25) is 5.91 Å². The van der Waals surface area contributed by atoms with Gasteiger partial charge in [-0.05, 0) is 24.6 Å². The van der Waals surface area contributed by atoms with Crippen molar-refractivity contribution in [3.05, 3.63) is 30.1 Å². The van der Waals surface area contributed by atoms with Crippen LogP contribution in [0, 0.1) is 0 Å². The fourth-order valence-electron chi connectivity index (χ4n) is 2.99. The maximum Gasteiger partial charge on any atom is 0.224 e. The van der Waals surface area contributed by atoms with Crippen molar-refractivity contribution in [2.24, 2.45) is 0 Å². The third kappa shape index (κ3) is 3.89. The molecule has 1 amide bonds. The van der Waals surface area contributed by atoms with E-state index in [4.69, 9.17) is 4.74 Å². The summed E-state index contributed by atoms with van der Waals surface area (Å²) in [6, 6.07) is 3.95. The van der Waals surface area contributed by atoms with Gasteiger partial charge >= 0.3 is 0 Å². The van der Waals surface area contributed by atoms with Gasteiger partial charge in [0.15, 0.2) is 0 Å². The lowest BCUT2D eigenvalue weighted by molar-refractivity contribution is -0.120. The molecule has 124 valence electrons. The zero-order chi connectivity index (χ0) is 16.1. The summed E-state index contributed by atoms with van der Waals surface area (Å²) in [5.41, 5.74) is 1.99. The first-order valence-electron chi connectivity index (χ1n) is 8.27. The number of carbonyl (C=O) groups is 1. The molecule has 23 heavy (non-hydrogen) atoms. The molecule has 1 aliphatic heterocycles. The topological polar surface area (TPSA) is 59.4 Å². The van der Waals surface area contributed by atoms with E-state index in [0.29, 0.717) is 13.0 Å². The standard InChI is InChI=1S/C17H24N4O2/c1-2-21-13-14(15-4-3-5-19-17(15)21)12-16(22)18-6-7-20-8-10-23-11-9-20/h3-5,13H,2,6-12H2,1H3,(H,18,22). The third-order valence-corrected chi connectivity index (χ3v) is 4.26. The molecule has 0 aromatic carbocycles. The Kier molecular flexibility index (Phi) is 5.25. The molecule has 1 aliphatic rings. The van der Waals surface area contributed by atoms with Crippen LogP contribution in [0.5, 0.6) is 0 Å². The summed E-state index contributed by atoms with van der Waals surface area (Å²) >= 11 is 0. The van der Waals surface area contributed by atoms with Gasteiger partial charge in [-0.2, -0.15) is 0 Å². The maximum absolute atomic E-state index is 12.2. The fraction of sp³-hybridized carbons (Fsp3) is 0.529. The quantitative estimate of drug-likeness (QED) is 0.865. The molecule has 6 heteroatoms. The Morgan fingerprint density at radius 1 is 1.39 bits per heavy atom. The first kappa shape index (κ1) is 16.0. The van der Waals surface area contributed by atoms with Crippen molar-refractivity contribution in [2.75, 3.05) is 39.4 Å². The van der Waals surface area contributed by atoms with Crippen LogP contribution in [0.15, 0.2) is 24.5 Å². The summed E-state index contributed by atoms with van der Waals surface area (Å²) in [7, 11) is 0. The number of hydrogen-bond acceptors (Lipinski definition) is 4. The molecule has 3 heterocycles. The van der Waals surface area contributed by atoms with Crippen LogP contribution in [-0.4, -0.2) is 59.8 Å². The molecule has 1 saturated heterocycles. The molecule has 0 aliphatic carbocycles. The molecule has 0 radical (unpaired) electrons. The molecule has 0 saturated carbocycles. The van der Waals surface area contributed by atoms with E-state index in [1.165, 1.54) is 0 Å². The first-order valence-corrected chi connectivity index (χ1v) is 8.27. The summed E-state index contributed by atoms with van der Waals surface area (Å²) in [5.74, 6) is 0.0669. The van der Waals surface area contributed by atoms with Crippen molar-refractivity contribution >= 4 is 16.9 Å². The Hall–Kier alpha value is -1.92. The minimum absolute atomic E-state index is 0.0669. The van der Waals surface area contributed by atoms with E-state index in [0.717, 1.165) is 56.0 Å². The van der Waals surface area contributed by atoms with E-state index in [9.17, 15) is 4.79 Å². The molecular weight excluding hydrogens is 292 g/mol. The highest BCUT2D eigenvalue weighted by molar-refractivity contribution is 5.87. The van der Waals surface area contributed by atoms with E-state index in [1.54, 1.807) is 6.20 Å². The molecule has 1 fully saturated rings. The van der Waals surface area contributed by atoms with E-state index >= 15 is 0 Å². The normalized spacial score (nSPS) is 15.9. The average molecular weight is 316 g/mol. The lowest BCUT2D eigenvalue weighted by Crippen LogP contribution is -2.41. The summed E-state index contributed by atoms with van der Waals surface area (Å²) in [5, 5.41) is 4.09. The summed E-state index contributed by atoms with van der Waals surface area (Å²) in [4.78, 5) is 18.9. The first-order chi connectivity index (χ1) is 11.3. The van der Waals surface area contributed by atoms with Gasteiger partial charge in [-0.1, -0.05) is 0 Å². The molecule has 0 atom stereocenters. The summed E-state index contributed by atoms with van der Waals surface area (Å²) in [6.45, 7) is 7.98. The van der Waals surface area contributed by atoms with Crippen molar-refractivity contribution in [3.8, 4) is 0 Å². The van der Waals surface area contributed by atoms with Gasteiger partial charge in [0, 0.05) is 50.5 Å². The largest absolute Gasteiger partial charge is 0.379 e. The number of carbonyl (C=O) groups excluding carboxylic acids is 1. The monoisotopic (exact) mass is 316 g/mol. The fourth-order valence-corrected chi connectivity index (χ4v) is 2.99. The SMILES string of the molecule is CCn1cc(CC(=O)NCCN2CCOCC2)c2cccnc21. The van der Waals surface area contributed by atoms with Crippen molar-refractivity contribution in [2.45, 2.75) is 19.9 Å². The third-order valence-electron chi connectivity index (χ3n) is 4.26. The summed E-state index contributed by atoms with van der Waals surface area (Å²) in [6.07, 6.45) is 4.23. The molecule has 2 aromatic heterocycles. The number of pyridine rings is 1. The van der Waals surface area contributed by atoms with Gasteiger partial charge in [0.1, 0.15) is 5.65 Å². The van der Waals surface area contributed by atoms with Crippen LogP contribution in [0.3, 0.4) is 0 Å². The van der Waals surface area contributed by atoms with Gasteiger partial charge in [-0.15, -0.1) is 0 Å². The number of nitrogens with one attached hydrogen (secondary N) is 1. The van der Waals surface area contributed by atoms with Gasteiger partial charge in [0.05, 0.1) is 19.6 Å². The Balaban J connectivity index is 1.55. The van der Waals surface area contributed by atoms with E-state index in [2.05, 4.69) is 26.7 Å². The van der Waals surface area contributed by atoms with E-state index in [1.807, 2.05) is 18.3 Å². The highest BCUT2D eigenvalue weighted by Gasteiger charge is 2.13. The van der Waals surface area contributed by atoms with Gasteiger partial charge in [-0.25, -0.2) is 4.98 Å². The minimum Gasteiger partial charge on any atom is -0.379 e. The maximum atomic E-state index is 12.2. The number of rotatable bonds is 6. The molecule has 0 bridgehead atoms. The second-order valence-corrected chi connectivity index (χ2v) is 5.80. The van der Waals surface area contributed by atoms with Gasteiger partial charge in [0.25, 0.3) is 0 Å². The molecule has 6 nitrogen and oxygen atoms in total. The second kappa shape index (κ2) is 7.57. The van der Waals surface area contributed by atoms with Crippen LogP contribution in [0.4, 0.5) is 0 Å². The number of nitrogens with zero attached hydrogens (tertiary/aromatic N) is 3. The van der Waals surface area contributed by atoms with Crippen LogP contribution < -0.4 is 5.32 Å². The molecule has 2 aromatic rings. The smallest absolute Gasteiger partial charge is 0.224 e. The van der Waals surface area contributed by atoms with Crippen LogP contribution in [0.1, 0.15) is 12.5 Å². The highest BCUT2D eigenvalue weighted by atomic mass is 16.5. The van der Waals surface area contributed by atoms with Crippen molar-refractivity contribution in [3.63, 3.8) is 0 Å². The lowest BCUT2D eigenvalue weighted by Gasteiger charge is -2.26. The van der Waals surface area contributed by atoms with E-state index in [-0.39, 0.29) is 5.91 Å². The number of ether oxygens (including phenoxy) is 1. The van der Waals surface area contributed by atoms with Crippen molar-refractivity contribution in [1.29, 1.82) is 0 Å². The molecule has 0 spiro atoms. The number of fused-ring (bicyclic) bond motifs is 1. The lowest BCUT2D eigenvalue weighted by atomic mass is 10.1. The second-order valence-electron chi connectivity index (χ2n) is 5.80. The average Bonchev–Trinajstić information content (AvgIpc) is 2.94. The van der Waals surface area contributed by atoms with Gasteiger partial charge < -0.3 is 14.6 Å². The Morgan fingerprint density at radius 3 is 3.00 bits per heavy atom. The Morgan fingerprint density at radius 2 is 2.22 bits per heavy atom. The number of hydrogen-bond donors (Lipinski definition) is 1. The van der Waals surface area contributed by atoms with E-state index < -0.39 is 0 Å². The molecule has 0 unspecified atom stereocenters. The molecular formula is C17H24N4O2. The van der Waals surface area contributed by atoms with Crippen LogP contribution in [0.2, 0.25) is 0 Å². The van der Waals surface area contributed by atoms with Crippen molar-refractivity contribution < 1.29 is 9.53 Å². The number of aryl methyl sites for hydroxylation is 1. The zero-order valence-electron chi connectivity index (χ0n) is 13.6. The van der Waals surface area contributed by atoms with Crippen LogP contribution in [0.25, 0.3) is 11.0 Å². The predicted octanol–water partition coefficient (Wildman–Crippen LogP) is 1.05. The zero-order valence-corrected chi connectivity index (χ0v) is 13.6. The predicted molar refractivity (Wildman–Crippen MR) is 89.4 cm³/mol. The van der Waals surface area contributed by atoms with Crippen LogP contribution >= 0.6 is 0 Å². The van der Waals surface area contributed by atoms with Crippen molar-refractivity contribution in [1.82, 2.24) is 19.8 Å². The minimum atomic E-state index is 0.0669. The molecule has 1 N–H and O–H groups in total. The van der Waals surface area contributed by atoms with Crippen LogP contribution in [-0.2, 0) is 22.5 Å².